The predicted molar refractivity (Wildman–Crippen MR) is 65.9 cm³/mol. The molecular weight excluding hydrogens is 258 g/mol. The lowest BCUT2D eigenvalue weighted by Crippen LogP contribution is -2.13. The van der Waals surface area contributed by atoms with E-state index in [0.29, 0.717) is 10.7 Å². The summed E-state index contributed by atoms with van der Waals surface area (Å²) in [5.74, 6) is -0.583. The number of primary amides is 1. The number of amides is 1. The van der Waals surface area contributed by atoms with E-state index < -0.39 is 5.91 Å². The molecule has 2 aromatic heterocycles. The first-order chi connectivity index (χ1) is 8.06. The number of aryl methyl sites for hydroxylation is 1. The molecular formula is C9H9N5OS2. The van der Waals surface area contributed by atoms with Gasteiger partial charge in [-0.2, -0.15) is 0 Å². The van der Waals surface area contributed by atoms with E-state index in [2.05, 4.69) is 15.2 Å². The van der Waals surface area contributed by atoms with Gasteiger partial charge in [0, 0.05) is 0 Å². The summed E-state index contributed by atoms with van der Waals surface area (Å²) in [5.41, 5.74) is 11.6. The molecule has 0 saturated carbocycles. The molecule has 0 radical (unpaired) electrons. The van der Waals surface area contributed by atoms with E-state index in [1.54, 1.807) is 6.07 Å². The van der Waals surface area contributed by atoms with Gasteiger partial charge in [0.05, 0.1) is 5.69 Å². The molecule has 0 unspecified atom stereocenters. The first-order valence-corrected chi connectivity index (χ1v) is 6.24. The third kappa shape index (κ3) is 2.71. The molecule has 8 heteroatoms. The lowest BCUT2D eigenvalue weighted by atomic mass is 10.3. The van der Waals surface area contributed by atoms with Gasteiger partial charge in [0.1, 0.15) is 15.7 Å². The number of aromatic nitrogens is 3. The molecule has 0 aliphatic heterocycles. The minimum atomic E-state index is -0.583. The zero-order chi connectivity index (χ0) is 12.4. The number of pyridine rings is 1. The number of carbonyl (C=O) groups excluding carboxylic acids is 1. The van der Waals surface area contributed by atoms with Crippen molar-refractivity contribution < 1.29 is 4.79 Å². The summed E-state index contributed by atoms with van der Waals surface area (Å²) in [6, 6.07) is 3.09. The van der Waals surface area contributed by atoms with Gasteiger partial charge in [-0.15, -0.1) is 10.2 Å². The Hall–Kier alpha value is -1.67. The number of hydrogen-bond acceptors (Lipinski definition) is 7. The Balaban J connectivity index is 2.31. The number of hydrogen-bond donors (Lipinski definition) is 2. The number of rotatable bonds is 3. The number of nitrogens with two attached hydrogens (primary N) is 2. The quantitative estimate of drug-likeness (QED) is 0.861. The van der Waals surface area contributed by atoms with E-state index in [0.717, 1.165) is 9.35 Å². The summed E-state index contributed by atoms with van der Waals surface area (Å²) in [7, 11) is 0. The highest BCUT2D eigenvalue weighted by atomic mass is 32.2. The number of nitrogens with zero attached hydrogens (tertiary/aromatic N) is 3. The molecule has 0 saturated heterocycles. The van der Waals surface area contributed by atoms with Crippen LogP contribution < -0.4 is 11.5 Å². The maximum absolute atomic E-state index is 11.0. The average molecular weight is 267 g/mol. The molecule has 4 N–H and O–H groups in total. The van der Waals surface area contributed by atoms with Gasteiger partial charge < -0.3 is 11.5 Å². The second kappa shape index (κ2) is 4.68. The minimum Gasteiger partial charge on any atom is -0.397 e. The van der Waals surface area contributed by atoms with Crippen LogP contribution >= 0.6 is 23.1 Å². The molecule has 88 valence electrons. The minimum absolute atomic E-state index is 0.183. The summed E-state index contributed by atoms with van der Waals surface area (Å²) in [5, 5.41) is 9.20. The van der Waals surface area contributed by atoms with Gasteiger partial charge in [-0.25, -0.2) is 4.98 Å². The highest BCUT2D eigenvalue weighted by Crippen LogP contribution is 2.32. The van der Waals surface area contributed by atoms with E-state index in [4.69, 9.17) is 11.5 Å². The Kier molecular flexibility index (Phi) is 3.25. The summed E-state index contributed by atoms with van der Waals surface area (Å²) in [6.07, 6.45) is 0. The van der Waals surface area contributed by atoms with Gasteiger partial charge in [0.25, 0.3) is 5.91 Å². The Bertz CT molecular complexity index is 568. The largest absolute Gasteiger partial charge is 0.397 e. The number of carbonyl (C=O) groups is 1. The van der Waals surface area contributed by atoms with E-state index in [-0.39, 0.29) is 5.69 Å². The van der Waals surface area contributed by atoms with Gasteiger partial charge in [-0.1, -0.05) is 11.3 Å². The van der Waals surface area contributed by atoms with Crippen molar-refractivity contribution in [3.8, 4) is 0 Å². The standard InChI is InChI=1S/C9H9N5OS2/c1-4-13-14-9(16-4)17-8-5(10)2-3-6(12-8)7(11)15/h2-3H,10H2,1H3,(H2,11,15). The number of nitrogen functional groups attached to an aromatic ring is 1. The van der Waals surface area contributed by atoms with Gasteiger partial charge in [-0.3, -0.25) is 4.79 Å². The van der Waals surface area contributed by atoms with Crippen LogP contribution in [0.4, 0.5) is 5.69 Å². The fourth-order valence-electron chi connectivity index (χ4n) is 1.07. The van der Waals surface area contributed by atoms with Crippen molar-refractivity contribution in [2.24, 2.45) is 5.73 Å². The summed E-state index contributed by atoms with van der Waals surface area (Å²) >= 11 is 2.70. The van der Waals surface area contributed by atoms with Crippen molar-refractivity contribution in [3.05, 3.63) is 22.8 Å². The molecule has 2 heterocycles. The summed E-state index contributed by atoms with van der Waals surface area (Å²) < 4.78 is 0.725. The van der Waals surface area contributed by atoms with Crippen LogP contribution in [-0.2, 0) is 0 Å². The van der Waals surface area contributed by atoms with Crippen LogP contribution in [-0.4, -0.2) is 21.1 Å². The van der Waals surface area contributed by atoms with Crippen molar-refractivity contribution in [2.45, 2.75) is 16.3 Å². The molecule has 0 spiro atoms. The second-order valence-corrected chi connectivity index (χ2v) is 5.56. The molecule has 0 aliphatic rings. The van der Waals surface area contributed by atoms with Crippen LogP contribution in [0.5, 0.6) is 0 Å². The zero-order valence-electron chi connectivity index (χ0n) is 8.88. The van der Waals surface area contributed by atoms with Crippen molar-refractivity contribution in [2.75, 3.05) is 5.73 Å². The molecule has 0 bridgehead atoms. The molecule has 2 aromatic rings. The zero-order valence-corrected chi connectivity index (χ0v) is 10.5. The van der Waals surface area contributed by atoms with Crippen LogP contribution in [0.1, 0.15) is 15.5 Å². The Morgan fingerprint density at radius 1 is 1.41 bits per heavy atom. The molecule has 6 nitrogen and oxygen atoms in total. The molecule has 2 rings (SSSR count). The monoisotopic (exact) mass is 267 g/mol. The van der Waals surface area contributed by atoms with Crippen LogP contribution in [0.25, 0.3) is 0 Å². The van der Waals surface area contributed by atoms with Crippen molar-refractivity contribution in [1.82, 2.24) is 15.2 Å². The molecule has 0 fully saturated rings. The molecule has 0 aliphatic carbocycles. The lowest BCUT2D eigenvalue weighted by molar-refractivity contribution is 0.0995. The maximum atomic E-state index is 11.0. The fourth-order valence-corrected chi connectivity index (χ4v) is 2.83. The number of anilines is 1. The van der Waals surface area contributed by atoms with Crippen LogP contribution in [0.15, 0.2) is 21.5 Å². The maximum Gasteiger partial charge on any atom is 0.267 e. The van der Waals surface area contributed by atoms with Crippen LogP contribution in [0, 0.1) is 6.92 Å². The second-order valence-electron chi connectivity index (χ2n) is 3.14. The topological polar surface area (TPSA) is 108 Å². The first-order valence-electron chi connectivity index (χ1n) is 4.60. The smallest absolute Gasteiger partial charge is 0.267 e. The van der Waals surface area contributed by atoms with Crippen molar-refractivity contribution >= 4 is 34.7 Å². The third-order valence-electron chi connectivity index (χ3n) is 1.83. The average Bonchev–Trinajstić information content (AvgIpc) is 2.67. The highest BCUT2D eigenvalue weighted by Gasteiger charge is 2.11. The lowest BCUT2D eigenvalue weighted by Gasteiger charge is -2.03. The molecule has 17 heavy (non-hydrogen) atoms. The van der Waals surface area contributed by atoms with Crippen molar-refractivity contribution in [1.29, 1.82) is 0 Å². The Morgan fingerprint density at radius 2 is 2.18 bits per heavy atom. The first kappa shape index (κ1) is 11.8. The predicted octanol–water partition coefficient (Wildman–Crippen LogP) is 1.07. The molecule has 0 aromatic carbocycles. The summed E-state index contributed by atoms with van der Waals surface area (Å²) in [4.78, 5) is 15.1. The van der Waals surface area contributed by atoms with Gasteiger partial charge in [0.2, 0.25) is 0 Å². The summed E-state index contributed by atoms with van der Waals surface area (Å²) in [6.45, 7) is 1.86. The van der Waals surface area contributed by atoms with Crippen molar-refractivity contribution in [3.63, 3.8) is 0 Å². The Labute approximate surface area is 105 Å². The van der Waals surface area contributed by atoms with Gasteiger partial charge in [0.15, 0.2) is 4.34 Å². The van der Waals surface area contributed by atoms with Crippen LogP contribution in [0.2, 0.25) is 0 Å². The molecule has 1 amide bonds. The van der Waals surface area contributed by atoms with Gasteiger partial charge >= 0.3 is 0 Å². The van der Waals surface area contributed by atoms with Crippen LogP contribution in [0.3, 0.4) is 0 Å². The van der Waals surface area contributed by atoms with E-state index in [1.165, 1.54) is 29.2 Å². The fraction of sp³-hybridized carbons (Fsp3) is 0.111. The normalized spacial score (nSPS) is 10.4. The Morgan fingerprint density at radius 3 is 2.76 bits per heavy atom. The van der Waals surface area contributed by atoms with E-state index >= 15 is 0 Å². The van der Waals surface area contributed by atoms with E-state index in [1.807, 2.05) is 6.92 Å². The third-order valence-corrected chi connectivity index (χ3v) is 3.74. The molecule has 0 atom stereocenters. The SMILES string of the molecule is Cc1nnc(Sc2nc(C(N)=O)ccc2N)s1. The van der Waals surface area contributed by atoms with Gasteiger partial charge in [-0.05, 0) is 30.8 Å². The highest BCUT2D eigenvalue weighted by molar-refractivity contribution is 8.01. The van der Waals surface area contributed by atoms with E-state index in [9.17, 15) is 4.79 Å².